The SMILES string of the molecule is CCCCCCCCCC(=O)OC(=O)CNC.[Na]. The molecule has 0 aromatic heterocycles. The summed E-state index contributed by atoms with van der Waals surface area (Å²) in [6.07, 6.45) is 8.43. The molecule has 0 aromatic rings. The van der Waals surface area contributed by atoms with Gasteiger partial charge in [-0.25, -0.2) is 0 Å². The van der Waals surface area contributed by atoms with Crippen molar-refractivity contribution in [1.82, 2.24) is 5.32 Å². The van der Waals surface area contributed by atoms with Crippen molar-refractivity contribution >= 4 is 41.5 Å². The second-order valence-electron chi connectivity index (χ2n) is 4.25. The number of carbonyl (C=O) groups excluding carboxylic acids is 2. The van der Waals surface area contributed by atoms with Crippen LogP contribution in [0.4, 0.5) is 0 Å². The number of unbranched alkanes of at least 4 members (excludes halogenated alkanes) is 6. The molecular weight excluding hydrogens is 241 g/mol. The minimum Gasteiger partial charge on any atom is -0.392 e. The van der Waals surface area contributed by atoms with Gasteiger partial charge in [-0.1, -0.05) is 45.4 Å². The van der Waals surface area contributed by atoms with E-state index in [1.807, 2.05) is 0 Å². The Balaban J connectivity index is 0. The van der Waals surface area contributed by atoms with E-state index in [0.717, 1.165) is 19.3 Å². The van der Waals surface area contributed by atoms with Crippen LogP contribution in [0.25, 0.3) is 0 Å². The largest absolute Gasteiger partial charge is 0.392 e. The molecule has 0 aliphatic heterocycles. The van der Waals surface area contributed by atoms with Crippen molar-refractivity contribution in [2.75, 3.05) is 13.6 Å². The van der Waals surface area contributed by atoms with Gasteiger partial charge < -0.3 is 10.1 Å². The normalized spacial score (nSPS) is 9.67. The molecule has 18 heavy (non-hydrogen) atoms. The van der Waals surface area contributed by atoms with E-state index >= 15 is 0 Å². The first-order valence-electron chi connectivity index (χ1n) is 6.58. The third-order valence-electron chi connectivity index (χ3n) is 2.53. The number of carbonyl (C=O) groups is 2. The Labute approximate surface area is 133 Å². The van der Waals surface area contributed by atoms with E-state index < -0.39 is 11.9 Å². The first-order chi connectivity index (χ1) is 8.20. The monoisotopic (exact) mass is 266 g/mol. The molecule has 0 bridgehead atoms. The quantitative estimate of drug-likeness (QED) is 0.284. The summed E-state index contributed by atoms with van der Waals surface area (Å²) in [5.41, 5.74) is 0. The fraction of sp³-hybridized carbons (Fsp3) is 0.846. The van der Waals surface area contributed by atoms with Crippen LogP contribution >= 0.6 is 0 Å². The fourth-order valence-corrected chi connectivity index (χ4v) is 1.58. The summed E-state index contributed by atoms with van der Waals surface area (Å²) < 4.78 is 4.60. The zero-order chi connectivity index (χ0) is 12.9. The Morgan fingerprint density at radius 3 is 2.06 bits per heavy atom. The zero-order valence-corrected chi connectivity index (χ0v) is 14.1. The van der Waals surface area contributed by atoms with Crippen LogP contribution in [0.15, 0.2) is 0 Å². The molecule has 0 unspecified atom stereocenters. The van der Waals surface area contributed by atoms with Gasteiger partial charge in [0.15, 0.2) is 0 Å². The van der Waals surface area contributed by atoms with Gasteiger partial charge in [0.05, 0.1) is 6.54 Å². The van der Waals surface area contributed by atoms with Crippen LogP contribution in [0.2, 0.25) is 0 Å². The number of hydrogen-bond acceptors (Lipinski definition) is 4. The predicted molar refractivity (Wildman–Crippen MR) is 73.4 cm³/mol. The summed E-state index contributed by atoms with van der Waals surface area (Å²) in [7, 11) is 1.64. The predicted octanol–water partition coefficient (Wildman–Crippen LogP) is 2.04. The maximum atomic E-state index is 11.2. The van der Waals surface area contributed by atoms with Gasteiger partial charge in [0.2, 0.25) is 0 Å². The van der Waals surface area contributed by atoms with E-state index in [9.17, 15) is 9.59 Å². The number of ether oxygens (including phenoxy) is 1. The molecule has 1 N–H and O–H groups in total. The third kappa shape index (κ3) is 14.2. The summed E-state index contributed by atoms with van der Waals surface area (Å²) in [5.74, 6) is -0.903. The average Bonchev–Trinajstić information content (AvgIpc) is 2.28. The molecule has 0 fully saturated rings. The number of esters is 2. The van der Waals surface area contributed by atoms with Gasteiger partial charge in [-0.05, 0) is 13.5 Å². The van der Waals surface area contributed by atoms with E-state index in [-0.39, 0.29) is 36.1 Å². The van der Waals surface area contributed by atoms with Crippen LogP contribution in [0.1, 0.15) is 58.3 Å². The van der Waals surface area contributed by atoms with Crippen LogP contribution in [-0.2, 0) is 14.3 Å². The van der Waals surface area contributed by atoms with Crippen molar-refractivity contribution in [3.63, 3.8) is 0 Å². The van der Waals surface area contributed by atoms with Crippen molar-refractivity contribution in [2.24, 2.45) is 0 Å². The maximum Gasteiger partial charge on any atom is 0.327 e. The van der Waals surface area contributed by atoms with Crippen LogP contribution in [0.5, 0.6) is 0 Å². The Morgan fingerprint density at radius 1 is 0.944 bits per heavy atom. The van der Waals surface area contributed by atoms with Crippen LogP contribution < -0.4 is 5.32 Å². The number of likely N-dealkylation sites (N-methyl/N-ethyl adjacent to an activating group) is 1. The van der Waals surface area contributed by atoms with E-state index in [1.54, 1.807) is 7.05 Å². The van der Waals surface area contributed by atoms with E-state index in [4.69, 9.17) is 0 Å². The van der Waals surface area contributed by atoms with Gasteiger partial charge >= 0.3 is 11.9 Å². The topological polar surface area (TPSA) is 55.4 Å². The van der Waals surface area contributed by atoms with Gasteiger partial charge in [0.25, 0.3) is 0 Å². The van der Waals surface area contributed by atoms with Gasteiger partial charge in [-0.3, -0.25) is 9.59 Å². The van der Waals surface area contributed by atoms with Crippen LogP contribution in [0, 0.1) is 0 Å². The van der Waals surface area contributed by atoms with E-state index in [1.165, 1.54) is 25.7 Å². The molecule has 0 aliphatic rings. The molecule has 0 amide bonds. The molecule has 5 heteroatoms. The average molecular weight is 266 g/mol. The van der Waals surface area contributed by atoms with Crippen molar-refractivity contribution in [2.45, 2.75) is 58.3 Å². The number of rotatable bonds is 10. The molecule has 4 nitrogen and oxygen atoms in total. The van der Waals surface area contributed by atoms with Crippen LogP contribution in [0.3, 0.4) is 0 Å². The van der Waals surface area contributed by atoms with Crippen molar-refractivity contribution in [3.05, 3.63) is 0 Å². The molecule has 0 saturated heterocycles. The van der Waals surface area contributed by atoms with Crippen molar-refractivity contribution < 1.29 is 14.3 Å². The van der Waals surface area contributed by atoms with Crippen molar-refractivity contribution in [1.29, 1.82) is 0 Å². The molecule has 101 valence electrons. The summed E-state index contributed by atoms with van der Waals surface area (Å²) in [6, 6.07) is 0. The third-order valence-corrected chi connectivity index (χ3v) is 2.53. The molecule has 0 atom stereocenters. The molecule has 0 rings (SSSR count). The summed E-state index contributed by atoms with van der Waals surface area (Å²) in [4.78, 5) is 22.1. The van der Waals surface area contributed by atoms with Crippen molar-refractivity contribution in [3.8, 4) is 0 Å². The summed E-state index contributed by atoms with van der Waals surface area (Å²) >= 11 is 0. The second kappa shape index (κ2) is 15.2. The zero-order valence-electron chi connectivity index (χ0n) is 12.1. The molecule has 0 aromatic carbocycles. The molecule has 0 saturated carbocycles. The second-order valence-corrected chi connectivity index (χ2v) is 4.25. The van der Waals surface area contributed by atoms with Gasteiger partial charge in [-0.15, -0.1) is 0 Å². The fourth-order valence-electron chi connectivity index (χ4n) is 1.58. The van der Waals surface area contributed by atoms with Gasteiger partial charge in [0.1, 0.15) is 0 Å². The Hall–Kier alpha value is 0.1000. The van der Waals surface area contributed by atoms with E-state index in [0.29, 0.717) is 6.42 Å². The minimum absolute atomic E-state index is 0. The first kappa shape index (κ1) is 20.4. The molecule has 0 spiro atoms. The van der Waals surface area contributed by atoms with Gasteiger partial charge in [0, 0.05) is 36.0 Å². The van der Waals surface area contributed by atoms with Crippen LogP contribution in [-0.4, -0.2) is 55.1 Å². The number of hydrogen-bond donors (Lipinski definition) is 1. The molecular formula is C13H25NNaO3. The first-order valence-corrected chi connectivity index (χ1v) is 6.58. The van der Waals surface area contributed by atoms with E-state index in [2.05, 4.69) is 17.0 Å². The Morgan fingerprint density at radius 2 is 1.50 bits per heavy atom. The molecule has 0 aliphatic carbocycles. The smallest absolute Gasteiger partial charge is 0.327 e. The maximum absolute atomic E-state index is 11.2. The molecule has 1 radical (unpaired) electrons. The number of nitrogens with one attached hydrogen (secondary N) is 1. The summed E-state index contributed by atoms with van der Waals surface area (Å²) in [6.45, 7) is 2.28. The molecule has 0 heterocycles. The van der Waals surface area contributed by atoms with Gasteiger partial charge in [-0.2, -0.15) is 0 Å². The Bertz CT molecular complexity index is 222. The standard InChI is InChI=1S/C13H25NO3.Na/c1-3-4-5-6-7-8-9-10-12(15)17-13(16)11-14-2;/h14H,3-11H2,1-2H3;. The Kier molecular flexibility index (Phi) is 17.2. The minimum atomic E-state index is -0.500. The summed E-state index contributed by atoms with van der Waals surface area (Å²) in [5, 5.41) is 2.64.